The number of carbonyl (C=O) groups is 1. The molecule has 1 aromatic heterocycles. The Kier molecular flexibility index (Phi) is 5.20. The van der Waals surface area contributed by atoms with Crippen molar-refractivity contribution in [2.75, 3.05) is 42.9 Å². The number of piperazine rings is 1. The molecule has 1 amide bonds. The highest BCUT2D eigenvalue weighted by molar-refractivity contribution is 5.77. The van der Waals surface area contributed by atoms with E-state index in [-0.39, 0.29) is 11.7 Å². The summed E-state index contributed by atoms with van der Waals surface area (Å²) in [5, 5.41) is 3.13. The molecule has 2 heterocycles. The molecule has 0 saturated carbocycles. The quantitative estimate of drug-likeness (QED) is 0.906. The predicted molar refractivity (Wildman–Crippen MR) is 90.3 cm³/mol. The van der Waals surface area contributed by atoms with Crippen molar-refractivity contribution < 1.29 is 9.18 Å². The molecule has 0 aliphatic carbocycles. The number of nitrogens with one attached hydrogen (secondary N) is 1. The van der Waals surface area contributed by atoms with Gasteiger partial charge in [-0.1, -0.05) is 0 Å². The average molecular weight is 329 g/mol. The molecule has 0 atom stereocenters. The van der Waals surface area contributed by atoms with Crippen LogP contribution in [0.15, 0.2) is 42.7 Å². The van der Waals surface area contributed by atoms with E-state index >= 15 is 0 Å². The molecule has 0 bridgehead atoms. The zero-order chi connectivity index (χ0) is 16.8. The first-order chi connectivity index (χ1) is 11.7. The minimum absolute atomic E-state index is 0.123. The lowest BCUT2D eigenvalue weighted by molar-refractivity contribution is -0.131. The summed E-state index contributed by atoms with van der Waals surface area (Å²) in [6.07, 6.45) is 3.86. The standard InChI is InChI=1S/C17H20FN5O/c18-14-2-4-15(5-3-14)19-9-6-16(24)22-10-12-23(13-11-22)17-20-7-1-8-21-17/h1-5,7-8,19H,6,9-13H2. The number of benzene rings is 1. The maximum absolute atomic E-state index is 12.8. The van der Waals surface area contributed by atoms with Gasteiger partial charge >= 0.3 is 0 Å². The minimum Gasteiger partial charge on any atom is -0.385 e. The monoisotopic (exact) mass is 329 g/mol. The van der Waals surface area contributed by atoms with Crippen molar-refractivity contribution in [1.82, 2.24) is 14.9 Å². The van der Waals surface area contributed by atoms with Gasteiger partial charge in [0.25, 0.3) is 0 Å². The first-order valence-corrected chi connectivity index (χ1v) is 8.01. The largest absolute Gasteiger partial charge is 0.385 e. The van der Waals surface area contributed by atoms with Crippen molar-refractivity contribution >= 4 is 17.5 Å². The fourth-order valence-electron chi connectivity index (χ4n) is 2.65. The minimum atomic E-state index is -0.267. The summed E-state index contributed by atoms with van der Waals surface area (Å²) < 4.78 is 12.8. The van der Waals surface area contributed by atoms with Crippen LogP contribution < -0.4 is 10.2 Å². The molecule has 1 aromatic carbocycles. The Hall–Kier alpha value is -2.70. The second-order valence-electron chi connectivity index (χ2n) is 5.60. The molecule has 1 aliphatic rings. The van der Waals surface area contributed by atoms with Crippen LogP contribution in [-0.2, 0) is 4.79 Å². The topological polar surface area (TPSA) is 61.4 Å². The van der Waals surface area contributed by atoms with Gasteiger partial charge in [-0.05, 0) is 30.3 Å². The fourth-order valence-corrected chi connectivity index (χ4v) is 2.65. The Labute approximate surface area is 140 Å². The van der Waals surface area contributed by atoms with Gasteiger partial charge in [-0.3, -0.25) is 4.79 Å². The molecular formula is C17H20FN5O. The Morgan fingerprint density at radius 1 is 1.08 bits per heavy atom. The van der Waals surface area contributed by atoms with Gasteiger partial charge in [0.15, 0.2) is 0 Å². The second-order valence-corrected chi connectivity index (χ2v) is 5.60. The number of carbonyl (C=O) groups excluding carboxylic acids is 1. The second kappa shape index (κ2) is 7.72. The molecule has 2 aromatic rings. The van der Waals surface area contributed by atoms with Gasteiger partial charge in [0.05, 0.1) is 0 Å². The van der Waals surface area contributed by atoms with Crippen LogP contribution in [0.25, 0.3) is 0 Å². The zero-order valence-corrected chi connectivity index (χ0v) is 13.4. The van der Waals surface area contributed by atoms with Gasteiger partial charge in [0.2, 0.25) is 11.9 Å². The molecule has 7 heteroatoms. The van der Waals surface area contributed by atoms with E-state index in [1.165, 1.54) is 12.1 Å². The molecule has 6 nitrogen and oxygen atoms in total. The van der Waals surface area contributed by atoms with Crippen molar-refractivity contribution in [1.29, 1.82) is 0 Å². The third-order valence-corrected chi connectivity index (χ3v) is 3.98. The van der Waals surface area contributed by atoms with Crippen LogP contribution in [0.4, 0.5) is 16.0 Å². The number of nitrogens with zero attached hydrogens (tertiary/aromatic N) is 4. The van der Waals surface area contributed by atoms with Crippen LogP contribution in [-0.4, -0.2) is 53.5 Å². The van der Waals surface area contributed by atoms with E-state index in [9.17, 15) is 9.18 Å². The zero-order valence-electron chi connectivity index (χ0n) is 13.4. The van der Waals surface area contributed by atoms with Crippen LogP contribution >= 0.6 is 0 Å². The number of amides is 1. The SMILES string of the molecule is O=C(CCNc1ccc(F)cc1)N1CCN(c2ncccn2)CC1. The van der Waals surface area contributed by atoms with E-state index < -0.39 is 0 Å². The Morgan fingerprint density at radius 3 is 2.42 bits per heavy atom. The van der Waals surface area contributed by atoms with Gasteiger partial charge in [-0.15, -0.1) is 0 Å². The Morgan fingerprint density at radius 2 is 1.75 bits per heavy atom. The van der Waals surface area contributed by atoms with Crippen LogP contribution in [0.5, 0.6) is 0 Å². The lowest BCUT2D eigenvalue weighted by Crippen LogP contribution is -2.49. The number of halogens is 1. The molecule has 126 valence electrons. The van der Waals surface area contributed by atoms with Crippen molar-refractivity contribution in [3.05, 3.63) is 48.5 Å². The summed E-state index contributed by atoms with van der Waals surface area (Å²) >= 11 is 0. The van der Waals surface area contributed by atoms with E-state index in [1.807, 2.05) is 4.90 Å². The molecule has 1 saturated heterocycles. The number of hydrogen-bond acceptors (Lipinski definition) is 5. The Balaban J connectivity index is 1.41. The van der Waals surface area contributed by atoms with E-state index in [0.29, 0.717) is 32.0 Å². The maximum atomic E-state index is 12.8. The van der Waals surface area contributed by atoms with Gasteiger partial charge in [0.1, 0.15) is 5.82 Å². The summed E-state index contributed by atoms with van der Waals surface area (Å²) in [6, 6.07) is 7.92. The molecular weight excluding hydrogens is 309 g/mol. The molecule has 1 fully saturated rings. The maximum Gasteiger partial charge on any atom is 0.225 e. The molecule has 0 spiro atoms. The fraction of sp³-hybridized carbons (Fsp3) is 0.353. The number of hydrogen-bond donors (Lipinski definition) is 1. The number of anilines is 2. The third-order valence-electron chi connectivity index (χ3n) is 3.98. The lowest BCUT2D eigenvalue weighted by atomic mass is 10.2. The molecule has 0 radical (unpaired) electrons. The normalized spacial score (nSPS) is 14.5. The highest BCUT2D eigenvalue weighted by atomic mass is 19.1. The molecule has 3 rings (SSSR count). The Bertz CT molecular complexity index is 656. The molecule has 1 aliphatic heterocycles. The van der Waals surface area contributed by atoms with Crippen LogP contribution in [0.1, 0.15) is 6.42 Å². The van der Waals surface area contributed by atoms with E-state index in [2.05, 4.69) is 20.2 Å². The highest BCUT2D eigenvalue weighted by Crippen LogP contribution is 2.11. The van der Waals surface area contributed by atoms with Crippen LogP contribution in [0.3, 0.4) is 0 Å². The third kappa shape index (κ3) is 4.18. The summed E-state index contributed by atoms with van der Waals surface area (Å²) in [6.45, 7) is 3.36. The summed E-state index contributed by atoms with van der Waals surface area (Å²) in [5.41, 5.74) is 0.815. The smallest absolute Gasteiger partial charge is 0.225 e. The highest BCUT2D eigenvalue weighted by Gasteiger charge is 2.21. The first kappa shape index (κ1) is 16.2. The first-order valence-electron chi connectivity index (χ1n) is 8.01. The van der Waals surface area contributed by atoms with Crippen LogP contribution in [0.2, 0.25) is 0 Å². The molecule has 0 unspecified atom stereocenters. The molecule has 24 heavy (non-hydrogen) atoms. The van der Waals surface area contributed by atoms with Crippen molar-refractivity contribution in [3.8, 4) is 0 Å². The number of rotatable bonds is 5. The van der Waals surface area contributed by atoms with Gasteiger partial charge in [-0.2, -0.15) is 0 Å². The average Bonchev–Trinajstić information content (AvgIpc) is 2.64. The van der Waals surface area contributed by atoms with Gasteiger partial charge in [0, 0.05) is 57.2 Å². The van der Waals surface area contributed by atoms with Crippen LogP contribution in [0, 0.1) is 5.82 Å². The lowest BCUT2D eigenvalue weighted by Gasteiger charge is -2.34. The number of aromatic nitrogens is 2. The summed E-state index contributed by atoms with van der Waals surface area (Å²) in [5.74, 6) is 0.567. The van der Waals surface area contributed by atoms with Crippen molar-refractivity contribution in [2.45, 2.75) is 6.42 Å². The summed E-state index contributed by atoms with van der Waals surface area (Å²) in [7, 11) is 0. The van der Waals surface area contributed by atoms with E-state index in [0.717, 1.165) is 18.8 Å². The summed E-state index contributed by atoms with van der Waals surface area (Å²) in [4.78, 5) is 24.7. The van der Waals surface area contributed by atoms with E-state index in [4.69, 9.17) is 0 Å². The molecule has 1 N–H and O–H groups in total. The van der Waals surface area contributed by atoms with Gasteiger partial charge in [-0.25, -0.2) is 14.4 Å². The predicted octanol–water partition coefficient (Wildman–Crippen LogP) is 1.77. The van der Waals surface area contributed by atoms with Crippen molar-refractivity contribution in [3.63, 3.8) is 0 Å². The van der Waals surface area contributed by atoms with Crippen molar-refractivity contribution in [2.24, 2.45) is 0 Å². The van der Waals surface area contributed by atoms with Gasteiger partial charge < -0.3 is 15.1 Å². The van der Waals surface area contributed by atoms with E-state index in [1.54, 1.807) is 30.6 Å².